The number of hydrogen-bond donors (Lipinski definition) is 0. The van der Waals surface area contributed by atoms with Gasteiger partial charge in [0, 0.05) is 11.6 Å². The first-order valence-electron chi connectivity index (χ1n) is 8.35. The Morgan fingerprint density at radius 2 is 2.04 bits per heavy atom. The molecule has 0 aliphatic carbocycles. The molecular formula is C19H24FNO3. The van der Waals surface area contributed by atoms with Gasteiger partial charge in [-0.2, -0.15) is 0 Å². The highest BCUT2D eigenvalue weighted by atomic mass is 19.1. The Hall–Kier alpha value is -2.04. The molecule has 2 atom stereocenters. The minimum Gasteiger partial charge on any atom is -0.494 e. The fraction of sp³-hybridized carbons (Fsp3) is 0.526. The van der Waals surface area contributed by atoms with Gasteiger partial charge >= 0.3 is 6.09 Å². The van der Waals surface area contributed by atoms with Crippen LogP contribution in [-0.4, -0.2) is 35.8 Å². The second kappa shape index (κ2) is 6.11. The molecule has 0 aromatic heterocycles. The summed E-state index contributed by atoms with van der Waals surface area (Å²) in [6, 6.07) is 5.21. The van der Waals surface area contributed by atoms with Crippen LogP contribution in [-0.2, 0) is 4.74 Å². The van der Waals surface area contributed by atoms with E-state index < -0.39 is 5.60 Å². The van der Waals surface area contributed by atoms with Crippen molar-refractivity contribution in [2.24, 2.45) is 0 Å². The van der Waals surface area contributed by atoms with Crippen LogP contribution in [0.1, 0.15) is 45.6 Å². The number of amides is 1. The molecule has 1 amide bonds. The number of hydrogen-bond acceptors (Lipinski definition) is 3. The lowest BCUT2D eigenvalue weighted by Gasteiger charge is -2.35. The predicted molar refractivity (Wildman–Crippen MR) is 90.4 cm³/mol. The molecule has 2 heterocycles. The maximum absolute atomic E-state index is 14.5. The van der Waals surface area contributed by atoms with Gasteiger partial charge in [0.15, 0.2) is 11.6 Å². The molecule has 1 saturated heterocycles. The Balaban J connectivity index is 1.86. The lowest BCUT2D eigenvalue weighted by molar-refractivity contribution is 0.0175. The molecule has 2 aliphatic heterocycles. The maximum atomic E-state index is 14.5. The van der Waals surface area contributed by atoms with E-state index in [9.17, 15) is 9.18 Å². The van der Waals surface area contributed by atoms with Crippen molar-refractivity contribution in [3.63, 3.8) is 0 Å². The first-order chi connectivity index (χ1) is 11.3. The third kappa shape index (κ3) is 3.12. The Morgan fingerprint density at radius 3 is 2.67 bits per heavy atom. The highest BCUT2D eigenvalue weighted by Crippen LogP contribution is 2.40. The Kier molecular flexibility index (Phi) is 4.28. The minimum atomic E-state index is -0.514. The number of benzene rings is 1. The molecule has 2 bridgehead atoms. The van der Waals surface area contributed by atoms with Gasteiger partial charge < -0.3 is 9.47 Å². The summed E-state index contributed by atoms with van der Waals surface area (Å²) in [5.41, 5.74) is 0.994. The minimum absolute atomic E-state index is 0.0285. The van der Waals surface area contributed by atoms with E-state index in [0.29, 0.717) is 12.0 Å². The molecule has 5 heteroatoms. The molecule has 2 aliphatic rings. The third-order valence-electron chi connectivity index (χ3n) is 4.53. The van der Waals surface area contributed by atoms with Crippen LogP contribution in [0, 0.1) is 5.82 Å². The molecule has 130 valence electrons. The summed E-state index contributed by atoms with van der Waals surface area (Å²) < 4.78 is 25.1. The molecule has 0 saturated carbocycles. The molecule has 0 spiro atoms. The number of nitrogens with zero attached hydrogens (tertiary/aromatic N) is 1. The van der Waals surface area contributed by atoms with Crippen molar-refractivity contribution in [2.75, 3.05) is 7.11 Å². The van der Waals surface area contributed by atoms with Crippen LogP contribution < -0.4 is 4.74 Å². The van der Waals surface area contributed by atoms with Gasteiger partial charge in [0.1, 0.15) is 5.60 Å². The zero-order chi connectivity index (χ0) is 17.5. The number of rotatable bonds is 2. The Labute approximate surface area is 142 Å². The number of methoxy groups -OCH3 is 1. The lowest BCUT2D eigenvalue weighted by Crippen LogP contribution is -2.45. The zero-order valence-corrected chi connectivity index (χ0v) is 14.6. The average molecular weight is 333 g/mol. The largest absolute Gasteiger partial charge is 0.494 e. The van der Waals surface area contributed by atoms with Crippen LogP contribution in [0.3, 0.4) is 0 Å². The summed E-state index contributed by atoms with van der Waals surface area (Å²) in [5.74, 6) is -0.0910. The van der Waals surface area contributed by atoms with Crippen molar-refractivity contribution < 1.29 is 18.7 Å². The summed E-state index contributed by atoms with van der Waals surface area (Å²) in [5, 5.41) is 0. The van der Waals surface area contributed by atoms with Crippen LogP contribution in [0.25, 0.3) is 5.57 Å². The average Bonchev–Trinajstić information content (AvgIpc) is 2.76. The van der Waals surface area contributed by atoms with Crippen molar-refractivity contribution in [2.45, 2.75) is 57.7 Å². The van der Waals surface area contributed by atoms with Crippen LogP contribution >= 0.6 is 0 Å². The lowest BCUT2D eigenvalue weighted by atomic mass is 9.94. The number of fused-ring (bicyclic) bond motifs is 2. The summed E-state index contributed by atoms with van der Waals surface area (Å²) in [6.07, 6.45) is 4.16. The van der Waals surface area contributed by atoms with Crippen LogP contribution in [0.2, 0.25) is 0 Å². The standard InChI is InChI=1S/C19H24FNO3/c1-19(2,3)24-18(22)21-13-8-9-14(21)11-12(10-13)15-6-5-7-16(23-4)17(15)20/h5-7,10,13-14H,8-9,11H2,1-4H3. The third-order valence-corrected chi connectivity index (χ3v) is 4.53. The number of carbonyl (C=O) groups excluding carboxylic acids is 1. The van der Waals surface area contributed by atoms with Gasteiger partial charge in [-0.3, -0.25) is 4.90 Å². The highest BCUT2D eigenvalue weighted by Gasteiger charge is 2.42. The first-order valence-corrected chi connectivity index (χ1v) is 8.35. The Morgan fingerprint density at radius 1 is 1.29 bits per heavy atom. The summed E-state index contributed by atoms with van der Waals surface area (Å²) >= 11 is 0. The molecule has 4 nitrogen and oxygen atoms in total. The smallest absolute Gasteiger partial charge is 0.411 e. The predicted octanol–water partition coefficient (Wildman–Crippen LogP) is 4.39. The maximum Gasteiger partial charge on any atom is 0.411 e. The van der Waals surface area contributed by atoms with Gasteiger partial charge in [0.2, 0.25) is 0 Å². The van der Waals surface area contributed by atoms with Gasteiger partial charge in [-0.25, -0.2) is 9.18 Å². The van der Waals surface area contributed by atoms with E-state index in [-0.39, 0.29) is 29.7 Å². The van der Waals surface area contributed by atoms with Crippen LogP contribution in [0.4, 0.5) is 9.18 Å². The van der Waals surface area contributed by atoms with Crippen molar-refractivity contribution in [1.29, 1.82) is 0 Å². The Bertz CT molecular complexity index is 678. The number of carbonyl (C=O) groups is 1. The van der Waals surface area contributed by atoms with Gasteiger partial charge in [-0.05, 0) is 51.7 Å². The van der Waals surface area contributed by atoms with Gasteiger partial charge in [-0.1, -0.05) is 18.2 Å². The SMILES string of the molecule is COc1cccc(C2=CC3CCC(C2)N3C(=O)OC(C)(C)C)c1F. The molecule has 1 aromatic rings. The zero-order valence-electron chi connectivity index (χ0n) is 14.6. The quantitative estimate of drug-likeness (QED) is 0.806. The van der Waals surface area contributed by atoms with Crippen LogP contribution in [0.5, 0.6) is 5.75 Å². The van der Waals surface area contributed by atoms with E-state index in [1.807, 2.05) is 31.7 Å². The number of halogens is 1. The molecule has 2 unspecified atom stereocenters. The molecular weight excluding hydrogens is 309 g/mol. The fourth-order valence-corrected chi connectivity index (χ4v) is 3.55. The monoisotopic (exact) mass is 333 g/mol. The normalized spacial score (nSPS) is 23.0. The molecule has 1 fully saturated rings. The van der Waals surface area contributed by atoms with E-state index in [1.54, 1.807) is 18.2 Å². The van der Waals surface area contributed by atoms with Gasteiger partial charge in [0.25, 0.3) is 0 Å². The highest BCUT2D eigenvalue weighted by molar-refractivity contribution is 5.75. The fourth-order valence-electron chi connectivity index (χ4n) is 3.55. The number of ether oxygens (including phenoxy) is 2. The van der Waals surface area contributed by atoms with E-state index in [0.717, 1.165) is 18.4 Å². The van der Waals surface area contributed by atoms with Gasteiger partial charge in [0.05, 0.1) is 13.2 Å². The van der Waals surface area contributed by atoms with E-state index in [1.165, 1.54) is 7.11 Å². The van der Waals surface area contributed by atoms with E-state index >= 15 is 0 Å². The van der Waals surface area contributed by atoms with Crippen molar-refractivity contribution >= 4 is 11.7 Å². The molecule has 1 aromatic carbocycles. The van der Waals surface area contributed by atoms with E-state index in [2.05, 4.69) is 0 Å². The van der Waals surface area contributed by atoms with E-state index in [4.69, 9.17) is 9.47 Å². The second-order valence-corrected chi connectivity index (χ2v) is 7.40. The van der Waals surface area contributed by atoms with Crippen molar-refractivity contribution in [1.82, 2.24) is 4.90 Å². The molecule has 3 rings (SSSR count). The topological polar surface area (TPSA) is 38.8 Å². The van der Waals surface area contributed by atoms with Crippen LogP contribution in [0.15, 0.2) is 24.3 Å². The summed E-state index contributed by atoms with van der Waals surface area (Å²) in [7, 11) is 1.46. The van der Waals surface area contributed by atoms with Crippen molar-refractivity contribution in [3.8, 4) is 5.75 Å². The molecule has 0 radical (unpaired) electrons. The molecule has 24 heavy (non-hydrogen) atoms. The summed E-state index contributed by atoms with van der Waals surface area (Å²) in [4.78, 5) is 14.3. The first kappa shape index (κ1) is 16.8. The molecule has 0 N–H and O–H groups in total. The summed E-state index contributed by atoms with van der Waals surface area (Å²) in [6.45, 7) is 5.59. The van der Waals surface area contributed by atoms with Gasteiger partial charge in [-0.15, -0.1) is 0 Å². The van der Waals surface area contributed by atoms with Crippen molar-refractivity contribution in [3.05, 3.63) is 35.7 Å². The second-order valence-electron chi connectivity index (χ2n) is 7.40.